The summed E-state index contributed by atoms with van der Waals surface area (Å²) in [6.07, 6.45) is 10.3. The molecule has 2 rings (SSSR count). The summed E-state index contributed by atoms with van der Waals surface area (Å²) in [6.45, 7) is 2.24. The van der Waals surface area contributed by atoms with Crippen LogP contribution in [-0.2, 0) is 0 Å². The molecule has 0 spiro atoms. The van der Waals surface area contributed by atoms with Crippen LogP contribution in [0.5, 0.6) is 0 Å². The summed E-state index contributed by atoms with van der Waals surface area (Å²) < 4.78 is 0. The van der Waals surface area contributed by atoms with E-state index in [0.29, 0.717) is 5.82 Å². The fourth-order valence-electron chi connectivity index (χ4n) is 2.27. The molecule has 0 bridgehead atoms. The third-order valence-corrected chi connectivity index (χ3v) is 3.51. The first-order valence-corrected chi connectivity index (χ1v) is 6.12. The van der Waals surface area contributed by atoms with Gasteiger partial charge in [-0.15, -0.1) is 0 Å². The topological polar surface area (TPSA) is 51.3 Å². The summed E-state index contributed by atoms with van der Waals surface area (Å²) in [6, 6.07) is 5.67. The molecule has 1 aliphatic carbocycles. The second-order valence-corrected chi connectivity index (χ2v) is 4.86. The number of allylic oxidation sites excluding steroid dienone is 2. The van der Waals surface area contributed by atoms with Gasteiger partial charge in [-0.05, 0) is 31.1 Å². The van der Waals surface area contributed by atoms with E-state index >= 15 is 0 Å². The molecular formula is C14H19N3. The second kappa shape index (κ2) is 5.13. The van der Waals surface area contributed by atoms with Gasteiger partial charge in [0, 0.05) is 23.5 Å². The van der Waals surface area contributed by atoms with Crippen LogP contribution in [0.3, 0.4) is 0 Å². The Morgan fingerprint density at radius 3 is 2.82 bits per heavy atom. The summed E-state index contributed by atoms with van der Waals surface area (Å²) in [5.74, 6) is 0.716. The van der Waals surface area contributed by atoms with Crippen LogP contribution in [0, 0.1) is 5.41 Å². The van der Waals surface area contributed by atoms with Gasteiger partial charge in [-0.2, -0.15) is 0 Å². The smallest absolute Gasteiger partial charge is 0.151 e. The van der Waals surface area contributed by atoms with Gasteiger partial charge in [0.15, 0.2) is 5.82 Å². The molecule has 1 heterocycles. The summed E-state index contributed by atoms with van der Waals surface area (Å²) in [7, 11) is 0. The summed E-state index contributed by atoms with van der Waals surface area (Å²) in [5, 5.41) is 0. The van der Waals surface area contributed by atoms with Gasteiger partial charge < -0.3 is 5.73 Å². The molecule has 1 fully saturated rings. The molecule has 0 saturated heterocycles. The van der Waals surface area contributed by atoms with Crippen molar-refractivity contribution in [3.05, 3.63) is 36.2 Å². The van der Waals surface area contributed by atoms with Crippen molar-refractivity contribution in [2.45, 2.75) is 32.6 Å². The maximum Gasteiger partial charge on any atom is 0.151 e. The van der Waals surface area contributed by atoms with Crippen molar-refractivity contribution in [1.82, 2.24) is 4.98 Å². The molecule has 0 aromatic carbocycles. The molecule has 0 unspecified atom stereocenters. The first-order chi connectivity index (χ1) is 8.21. The Morgan fingerprint density at radius 1 is 1.41 bits per heavy atom. The fraction of sp³-hybridized carbons (Fsp3) is 0.429. The molecule has 0 aliphatic heterocycles. The van der Waals surface area contributed by atoms with Crippen LogP contribution in [0.1, 0.15) is 32.6 Å². The van der Waals surface area contributed by atoms with Crippen molar-refractivity contribution >= 4 is 12.0 Å². The molecule has 0 amide bonds. The van der Waals surface area contributed by atoms with Gasteiger partial charge in [-0.3, -0.25) is 0 Å². The van der Waals surface area contributed by atoms with Gasteiger partial charge in [0.2, 0.25) is 0 Å². The summed E-state index contributed by atoms with van der Waals surface area (Å²) in [4.78, 5) is 8.38. The number of rotatable bonds is 3. The van der Waals surface area contributed by atoms with Gasteiger partial charge >= 0.3 is 0 Å². The Bertz CT molecular complexity index is 414. The van der Waals surface area contributed by atoms with E-state index in [1.807, 2.05) is 24.3 Å². The van der Waals surface area contributed by atoms with E-state index in [2.05, 4.69) is 16.9 Å². The number of aromatic nitrogens is 1. The van der Waals surface area contributed by atoms with E-state index in [9.17, 15) is 0 Å². The van der Waals surface area contributed by atoms with E-state index in [-0.39, 0.29) is 5.41 Å². The van der Waals surface area contributed by atoms with Gasteiger partial charge in [0.05, 0.1) is 0 Å². The predicted octanol–water partition coefficient (Wildman–Crippen LogP) is 3.21. The van der Waals surface area contributed by atoms with E-state index in [1.54, 1.807) is 12.4 Å². The normalized spacial score (nSPS) is 19.9. The van der Waals surface area contributed by atoms with Crippen LogP contribution >= 0.6 is 0 Å². The molecule has 0 radical (unpaired) electrons. The van der Waals surface area contributed by atoms with Crippen molar-refractivity contribution in [3.8, 4) is 0 Å². The van der Waals surface area contributed by atoms with Crippen LogP contribution < -0.4 is 5.73 Å². The molecule has 3 nitrogen and oxygen atoms in total. The third kappa shape index (κ3) is 2.93. The monoisotopic (exact) mass is 229 g/mol. The minimum atomic E-state index is 0.177. The lowest BCUT2D eigenvalue weighted by molar-refractivity contribution is 0.410. The van der Waals surface area contributed by atoms with E-state index < -0.39 is 0 Å². The molecule has 1 aromatic rings. The van der Waals surface area contributed by atoms with Crippen molar-refractivity contribution in [2.24, 2.45) is 16.1 Å². The van der Waals surface area contributed by atoms with Gasteiger partial charge in [-0.1, -0.05) is 25.8 Å². The molecule has 1 aromatic heterocycles. The largest absolute Gasteiger partial charge is 0.402 e. The first-order valence-electron chi connectivity index (χ1n) is 6.12. The van der Waals surface area contributed by atoms with E-state index in [0.717, 1.165) is 5.70 Å². The lowest BCUT2D eigenvalue weighted by atomic mass is 9.85. The van der Waals surface area contributed by atoms with Crippen LogP contribution in [0.15, 0.2) is 41.2 Å². The fourth-order valence-corrected chi connectivity index (χ4v) is 2.27. The third-order valence-electron chi connectivity index (χ3n) is 3.51. The molecule has 3 heteroatoms. The number of aliphatic imine (C=N–C) groups is 1. The average Bonchev–Trinajstić information content (AvgIpc) is 2.79. The maximum absolute atomic E-state index is 6.13. The van der Waals surface area contributed by atoms with Crippen molar-refractivity contribution in [3.63, 3.8) is 0 Å². The molecule has 1 saturated carbocycles. The SMILES string of the molecule is CC1(C(N)=CC=Nc2ccccn2)CCCC1. The van der Waals surface area contributed by atoms with Gasteiger partial charge in [0.25, 0.3) is 0 Å². The lowest BCUT2D eigenvalue weighted by Gasteiger charge is -2.23. The molecule has 0 atom stereocenters. The molecular weight excluding hydrogens is 210 g/mol. The van der Waals surface area contributed by atoms with Crippen LogP contribution in [0.2, 0.25) is 0 Å². The van der Waals surface area contributed by atoms with Crippen LogP contribution in [0.4, 0.5) is 5.82 Å². The van der Waals surface area contributed by atoms with Crippen molar-refractivity contribution in [2.75, 3.05) is 0 Å². The number of pyridine rings is 1. The second-order valence-electron chi connectivity index (χ2n) is 4.86. The molecule has 17 heavy (non-hydrogen) atoms. The van der Waals surface area contributed by atoms with Crippen LogP contribution in [0.25, 0.3) is 0 Å². The Hall–Kier alpha value is -1.64. The highest BCUT2D eigenvalue weighted by atomic mass is 14.9. The Labute approximate surface area is 102 Å². The lowest BCUT2D eigenvalue weighted by Crippen LogP contribution is -2.21. The highest BCUT2D eigenvalue weighted by molar-refractivity contribution is 5.74. The zero-order valence-corrected chi connectivity index (χ0v) is 10.3. The summed E-state index contributed by atoms with van der Waals surface area (Å²) >= 11 is 0. The van der Waals surface area contributed by atoms with Gasteiger partial charge in [0.1, 0.15) is 0 Å². The highest BCUT2D eigenvalue weighted by Gasteiger charge is 2.30. The van der Waals surface area contributed by atoms with Crippen LogP contribution in [-0.4, -0.2) is 11.2 Å². The minimum absolute atomic E-state index is 0.177. The summed E-state index contributed by atoms with van der Waals surface area (Å²) in [5.41, 5.74) is 7.24. The Morgan fingerprint density at radius 2 is 2.18 bits per heavy atom. The molecule has 90 valence electrons. The quantitative estimate of drug-likeness (QED) is 0.809. The predicted molar refractivity (Wildman–Crippen MR) is 71.2 cm³/mol. The number of nitrogens with two attached hydrogens (primary N) is 1. The van der Waals surface area contributed by atoms with Crippen molar-refractivity contribution in [1.29, 1.82) is 0 Å². The van der Waals surface area contributed by atoms with E-state index in [1.165, 1.54) is 25.7 Å². The number of nitrogens with zero attached hydrogens (tertiary/aromatic N) is 2. The molecule has 2 N–H and O–H groups in total. The van der Waals surface area contributed by atoms with Gasteiger partial charge in [-0.25, -0.2) is 9.98 Å². The number of hydrogen-bond donors (Lipinski definition) is 1. The zero-order chi connectivity index (χ0) is 12.1. The first kappa shape index (κ1) is 11.8. The zero-order valence-electron chi connectivity index (χ0n) is 10.3. The van der Waals surface area contributed by atoms with Crippen molar-refractivity contribution < 1.29 is 0 Å². The van der Waals surface area contributed by atoms with E-state index in [4.69, 9.17) is 5.73 Å². The minimum Gasteiger partial charge on any atom is -0.402 e. The standard InChI is InChI=1S/C14H19N3/c1-14(8-3-4-9-14)12(15)7-11-17-13-6-2-5-10-16-13/h2,5-7,10-11H,3-4,8-9,15H2,1H3. The number of hydrogen-bond acceptors (Lipinski definition) is 3. The maximum atomic E-state index is 6.13. The molecule has 1 aliphatic rings. The highest BCUT2D eigenvalue weighted by Crippen LogP contribution is 2.41. The average molecular weight is 229 g/mol. The Balaban J connectivity index is 2.03. The Kier molecular flexibility index (Phi) is 3.57.